The Morgan fingerprint density at radius 1 is 0.964 bits per heavy atom. The number of hydrogen-bond donors (Lipinski definition) is 2. The number of carbonyl (C=O) groups is 2. The van der Waals surface area contributed by atoms with Crippen molar-refractivity contribution in [2.75, 3.05) is 11.9 Å². The molecule has 4 nitrogen and oxygen atoms in total. The zero-order chi connectivity index (χ0) is 20.3. The summed E-state index contributed by atoms with van der Waals surface area (Å²) < 4.78 is 51.1. The van der Waals surface area contributed by atoms with Gasteiger partial charge in [-0.3, -0.25) is 9.59 Å². The minimum atomic E-state index is -4.44. The summed E-state index contributed by atoms with van der Waals surface area (Å²) in [5.74, 6) is -2.03. The van der Waals surface area contributed by atoms with Crippen LogP contribution >= 0.6 is 0 Å². The molecule has 0 spiro atoms. The summed E-state index contributed by atoms with van der Waals surface area (Å²) in [5.41, 5.74) is -0.0668. The van der Waals surface area contributed by atoms with Crippen molar-refractivity contribution in [2.45, 2.75) is 19.0 Å². The summed E-state index contributed by atoms with van der Waals surface area (Å²) in [6, 6.07) is 10.4. The van der Waals surface area contributed by atoms with Crippen LogP contribution < -0.4 is 10.6 Å². The number of anilines is 1. The fraction of sp³-hybridized carbons (Fsp3) is 0.300. The Morgan fingerprint density at radius 2 is 1.61 bits per heavy atom. The standard InChI is InChI=1S/C20H18F4N2O2/c21-17-4-2-1-3-12(17)9-10-25-18(27)15-11-16(15)19(28)26-14-7-5-13(6-8-14)20(22,23)24/h1-8,15-16H,9-11H2,(H,25,27)(H,26,28). The van der Waals surface area contributed by atoms with Gasteiger partial charge in [0.1, 0.15) is 5.82 Å². The first-order valence-electron chi connectivity index (χ1n) is 8.75. The highest BCUT2D eigenvalue weighted by Crippen LogP contribution is 2.39. The number of carbonyl (C=O) groups excluding carboxylic acids is 2. The molecule has 1 fully saturated rings. The minimum absolute atomic E-state index is 0.239. The topological polar surface area (TPSA) is 58.2 Å². The lowest BCUT2D eigenvalue weighted by atomic mass is 10.1. The molecular formula is C20H18F4N2O2. The summed E-state index contributed by atoms with van der Waals surface area (Å²) in [7, 11) is 0. The van der Waals surface area contributed by atoms with E-state index in [1.807, 2.05) is 0 Å². The first kappa shape index (κ1) is 19.9. The summed E-state index contributed by atoms with van der Waals surface area (Å²) in [4.78, 5) is 24.2. The lowest BCUT2D eigenvalue weighted by Gasteiger charge is -2.09. The average Bonchev–Trinajstić information content (AvgIpc) is 3.44. The van der Waals surface area contributed by atoms with Crippen LogP contribution in [0.2, 0.25) is 0 Å². The quantitative estimate of drug-likeness (QED) is 0.733. The van der Waals surface area contributed by atoms with Gasteiger partial charge in [0, 0.05) is 12.2 Å². The highest BCUT2D eigenvalue weighted by molar-refractivity contribution is 5.99. The summed E-state index contributed by atoms with van der Waals surface area (Å²) in [6.07, 6.45) is -3.73. The molecule has 148 valence electrons. The van der Waals surface area contributed by atoms with E-state index >= 15 is 0 Å². The van der Waals surface area contributed by atoms with E-state index < -0.39 is 29.5 Å². The number of hydrogen-bond acceptors (Lipinski definition) is 2. The van der Waals surface area contributed by atoms with Crippen LogP contribution in [0.4, 0.5) is 23.2 Å². The molecule has 2 N–H and O–H groups in total. The van der Waals surface area contributed by atoms with Crippen LogP contribution in [0, 0.1) is 17.7 Å². The second kappa shape index (κ2) is 8.00. The highest BCUT2D eigenvalue weighted by Gasteiger charge is 2.47. The third-order valence-corrected chi connectivity index (χ3v) is 4.60. The number of halogens is 4. The minimum Gasteiger partial charge on any atom is -0.356 e. The Balaban J connectivity index is 1.44. The van der Waals surface area contributed by atoms with Crippen molar-refractivity contribution in [1.82, 2.24) is 5.32 Å². The number of alkyl halides is 3. The molecule has 0 aliphatic heterocycles. The second-order valence-corrected chi connectivity index (χ2v) is 6.65. The Hall–Kier alpha value is -2.90. The SMILES string of the molecule is O=C(NCCc1ccccc1F)C1CC1C(=O)Nc1ccc(C(F)(F)F)cc1. The van der Waals surface area contributed by atoms with Gasteiger partial charge in [0.05, 0.1) is 17.4 Å². The van der Waals surface area contributed by atoms with Gasteiger partial charge < -0.3 is 10.6 Å². The lowest BCUT2D eigenvalue weighted by molar-refractivity contribution is -0.137. The van der Waals surface area contributed by atoms with Crippen LogP contribution in [-0.2, 0) is 22.2 Å². The molecule has 2 atom stereocenters. The molecule has 0 saturated heterocycles. The number of benzene rings is 2. The molecule has 28 heavy (non-hydrogen) atoms. The predicted molar refractivity (Wildman–Crippen MR) is 94.8 cm³/mol. The molecule has 0 aromatic heterocycles. The zero-order valence-electron chi connectivity index (χ0n) is 14.7. The highest BCUT2D eigenvalue weighted by atomic mass is 19.4. The van der Waals surface area contributed by atoms with E-state index in [0.717, 1.165) is 12.1 Å². The Morgan fingerprint density at radius 3 is 2.25 bits per heavy atom. The van der Waals surface area contributed by atoms with E-state index in [-0.39, 0.29) is 24.0 Å². The summed E-state index contributed by atoms with van der Waals surface area (Å²) in [5, 5.41) is 5.20. The molecule has 1 aliphatic rings. The van der Waals surface area contributed by atoms with E-state index in [1.54, 1.807) is 18.2 Å². The molecule has 1 aliphatic carbocycles. The van der Waals surface area contributed by atoms with E-state index in [2.05, 4.69) is 10.6 Å². The fourth-order valence-electron chi connectivity index (χ4n) is 2.90. The van der Waals surface area contributed by atoms with E-state index in [0.29, 0.717) is 18.4 Å². The molecule has 0 heterocycles. The third kappa shape index (κ3) is 4.88. The average molecular weight is 394 g/mol. The van der Waals surface area contributed by atoms with Gasteiger partial charge in [0.25, 0.3) is 0 Å². The van der Waals surface area contributed by atoms with Crippen molar-refractivity contribution in [3.05, 3.63) is 65.5 Å². The van der Waals surface area contributed by atoms with Crippen molar-refractivity contribution in [3.63, 3.8) is 0 Å². The number of nitrogens with one attached hydrogen (secondary N) is 2. The Kier molecular flexibility index (Phi) is 5.67. The maximum atomic E-state index is 13.5. The predicted octanol–water partition coefficient (Wildman–Crippen LogP) is 3.78. The maximum Gasteiger partial charge on any atom is 0.416 e. The second-order valence-electron chi connectivity index (χ2n) is 6.65. The molecule has 0 radical (unpaired) electrons. The van der Waals surface area contributed by atoms with E-state index in [4.69, 9.17) is 0 Å². The molecule has 2 amide bonds. The molecular weight excluding hydrogens is 376 g/mol. The smallest absolute Gasteiger partial charge is 0.356 e. The molecule has 2 aromatic rings. The molecule has 3 rings (SSSR count). The van der Waals surface area contributed by atoms with Crippen molar-refractivity contribution in [1.29, 1.82) is 0 Å². The van der Waals surface area contributed by atoms with Gasteiger partial charge in [-0.15, -0.1) is 0 Å². The molecule has 8 heteroatoms. The summed E-state index contributed by atoms with van der Waals surface area (Å²) >= 11 is 0. The lowest BCUT2D eigenvalue weighted by Crippen LogP contribution is -2.29. The summed E-state index contributed by atoms with van der Waals surface area (Å²) in [6.45, 7) is 0.253. The van der Waals surface area contributed by atoms with Gasteiger partial charge in [-0.05, 0) is 48.7 Å². The van der Waals surface area contributed by atoms with Crippen LogP contribution in [0.15, 0.2) is 48.5 Å². The number of amides is 2. The maximum absolute atomic E-state index is 13.5. The van der Waals surface area contributed by atoms with Gasteiger partial charge >= 0.3 is 6.18 Å². The Labute approximate surface area is 158 Å². The van der Waals surface area contributed by atoms with Crippen LogP contribution in [0.3, 0.4) is 0 Å². The largest absolute Gasteiger partial charge is 0.416 e. The van der Waals surface area contributed by atoms with E-state index in [1.165, 1.54) is 18.2 Å². The van der Waals surface area contributed by atoms with Crippen molar-refractivity contribution < 1.29 is 27.2 Å². The molecule has 2 unspecified atom stereocenters. The normalized spacial score (nSPS) is 18.4. The van der Waals surface area contributed by atoms with Crippen molar-refractivity contribution in [3.8, 4) is 0 Å². The van der Waals surface area contributed by atoms with E-state index in [9.17, 15) is 27.2 Å². The number of rotatable bonds is 6. The van der Waals surface area contributed by atoms with Gasteiger partial charge in [0.15, 0.2) is 0 Å². The first-order valence-corrected chi connectivity index (χ1v) is 8.75. The monoisotopic (exact) mass is 394 g/mol. The van der Waals surface area contributed by atoms with Gasteiger partial charge in [-0.1, -0.05) is 18.2 Å². The van der Waals surface area contributed by atoms with Gasteiger partial charge in [0.2, 0.25) is 11.8 Å². The first-order chi connectivity index (χ1) is 13.3. The molecule has 2 aromatic carbocycles. The van der Waals surface area contributed by atoms with Crippen LogP contribution in [-0.4, -0.2) is 18.4 Å². The van der Waals surface area contributed by atoms with Crippen molar-refractivity contribution in [2.24, 2.45) is 11.8 Å². The van der Waals surface area contributed by atoms with Crippen molar-refractivity contribution >= 4 is 17.5 Å². The van der Waals surface area contributed by atoms with Gasteiger partial charge in [-0.2, -0.15) is 13.2 Å². The van der Waals surface area contributed by atoms with Crippen LogP contribution in [0.5, 0.6) is 0 Å². The van der Waals surface area contributed by atoms with Crippen LogP contribution in [0.25, 0.3) is 0 Å². The Bertz CT molecular complexity index is 865. The van der Waals surface area contributed by atoms with Gasteiger partial charge in [-0.25, -0.2) is 4.39 Å². The fourth-order valence-corrected chi connectivity index (χ4v) is 2.90. The van der Waals surface area contributed by atoms with Crippen LogP contribution in [0.1, 0.15) is 17.5 Å². The zero-order valence-corrected chi connectivity index (χ0v) is 14.7. The third-order valence-electron chi connectivity index (χ3n) is 4.60. The molecule has 0 bridgehead atoms. The molecule has 1 saturated carbocycles.